The molecule has 1 aliphatic carbocycles. The molecule has 54 heavy (non-hydrogen) atoms. The molecule has 1 heterocycles. The van der Waals surface area contributed by atoms with E-state index in [1.807, 2.05) is 54.6 Å². The lowest BCUT2D eigenvalue weighted by molar-refractivity contribution is -0.123. The molecule has 0 spiro atoms. The average Bonchev–Trinajstić information content (AvgIpc) is 3.43. The third-order valence-electron chi connectivity index (χ3n) is 11.2. The maximum atomic E-state index is 14.2. The van der Waals surface area contributed by atoms with Crippen molar-refractivity contribution in [2.45, 2.75) is 70.9 Å². The molecule has 4 aromatic rings. The summed E-state index contributed by atoms with van der Waals surface area (Å²) in [4.78, 5) is 29.7. The molecule has 0 aromatic heterocycles. The van der Waals surface area contributed by atoms with Crippen LogP contribution in [0, 0.1) is 17.8 Å². The van der Waals surface area contributed by atoms with Crippen molar-refractivity contribution in [3.8, 4) is 5.75 Å². The molecule has 2 amide bonds. The number of allylic oxidation sites excluding steroid dienone is 1. The zero-order valence-electron chi connectivity index (χ0n) is 31.8. The number of phenolic OH excluding ortho intramolecular Hbond substituents is 1. The van der Waals surface area contributed by atoms with Gasteiger partial charge >= 0.3 is 0 Å². The van der Waals surface area contributed by atoms with Crippen LogP contribution in [-0.4, -0.2) is 54.8 Å². The minimum absolute atomic E-state index is 0.150. The lowest BCUT2D eigenvalue weighted by atomic mass is 9.68. The van der Waals surface area contributed by atoms with Crippen molar-refractivity contribution in [1.29, 1.82) is 0 Å². The van der Waals surface area contributed by atoms with Crippen LogP contribution in [0.2, 0.25) is 5.04 Å². The van der Waals surface area contributed by atoms with E-state index >= 15 is 0 Å². The van der Waals surface area contributed by atoms with Gasteiger partial charge in [0.25, 0.3) is 8.32 Å². The second kappa shape index (κ2) is 16.8. The molecule has 3 N–H and O–H groups in total. The minimum atomic E-state index is -3.02. The number of hydrogen-bond acceptors (Lipinski definition) is 6. The number of para-hydroxylation sites is 1. The molecular formula is C46H53NO6Si. The van der Waals surface area contributed by atoms with E-state index in [4.69, 9.17) is 4.43 Å². The highest BCUT2D eigenvalue weighted by atomic mass is 28.4. The third kappa shape index (κ3) is 7.80. The first-order chi connectivity index (χ1) is 26.0. The Morgan fingerprint density at radius 1 is 0.852 bits per heavy atom. The molecule has 2 aliphatic rings. The summed E-state index contributed by atoms with van der Waals surface area (Å²) in [6, 6.07) is 36.7. The van der Waals surface area contributed by atoms with E-state index < -0.39 is 32.2 Å². The molecular weight excluding hydrogens is 691 g/mol. The van der Waals surface area contributed by atoms with Crippen molar-refractivity contribution in [2.24, 2.45) is 17.8 Å². The molecule has 8 heteroatoms. The number of aliphatic hydroxyl groups excluding tert-OH is 2. The molecule has 1 aliphatic heterocycles. The Bertz CT molecular complexity index is 1910. The second-order valence-corrected chi connectivity index (χ2v) is 20.0. The van der Waals surface area contributed by atoms with E-state index in [0.29, 0.717) is 24.1 Å². The predicted octanol–water partition coefficient (Wildman–Crippen LogP) is 7.41. The topological polar surface area (TPSA) is 107 Å². The quantitative estimate of drug-likeness (QED) is 0.0706. The summed E-state index contributed by atoms with van der Waals surface area (Å²) in [6.07, 6.45) is 4.12. The van der Waals surface area contributed by atoms with Crippen LogP contribution in [0.4, 0.5) is 5.69 Å². The van der Waals surface area contributed by atoms with Crippen molar-refractivity contribution in [2.75, 3.05) is 18.1 Å². The Labute approximate surface area is 320 Å². The normalized spacial score (nSPS) is 20.0. The number of carbonyl (C=O) groups excluding carboxylic acids is 2. The molecule has 6 rings (SSSR count). The predicted molar refractivity (Wildman–Crippen MR) is 218 cm³/mol. The lowest BCUT2D eigenvalue weighted by Crippen LogP contribution is -2.66. The van der Waals surface area contributed by atoms with Crippen LogP contribution in [0.1, 0.15) is 65.4 Å². The Morgan fingerprint density at radius 2 is 1.43 bits per heavy atom. The first kappa shape index (κ1) is 39.1. The van der Waals surface area contributed by atoms with E-state index in [0.717, 1.165) is 39.9 Å². The van der Waals surface area contributed by atoms with Crippen LogP contribution in [0.3, 0.4) is 0 Å². The number of imide groups is 1. The van der Waals surface area contributed by atoms with Crippen molar-refractivity contribution in [3.05, 3.63) is 138 Å². The molecule has 7 nitrogen and oxygen atoms in total. The maximum Gasteiger partial charge on any atom is 0.261 e. The Kier molecular flexibility index (Phi) is 12.2. The molecule has 282 valence electrons. The third-order valence-corrected chi connectivity index (χ3v) is 16.2. The summed E-state index contributed by atoms with van der Waals surface area (Å²) < 4.78 is 7.40. The monoisotopic (exact) mass is 743 g/mol. The SMILES string of the molecule is CCC/C(=C\c1ccc(O)cc1)CC[C@@H](O)C1=C(CO[Si](c2ccccc2)(c2ccccc2)C(C)(C)C)C[C@H]2C(=O)N(c3ccccc3)C(=O)[C@H]2[C@H]1CO. The molecule has 0 bridgehead atoms. The van der Waals surface area contributed by atoms with Crippen molar-refractivity contribution >= 4 is 42.3 Å². The van der Waals surface area contributed by atoms with Crippen molar-refractivity contribution in [3.63, 3.8) is 0 Å². The van der Waals surface area contributed by atoms with E-state index in [2.05, 4.69) is 58.0 Å². The number of nitrogens with zero attached hydrogens (tertiary/aromatic N) is 1. The largest absolute Gasteiger partial charge is 0.508 e. The second-order valence-electron chi connectivity index (χ2n) is 15.7. The summed E-state index contributed by atoms with van der Waals surface area (Å²) >= 11 is 0. The Hall–Kier alpha value is -4.60. The van der Waals surface area contributed by atoms with Crippen molar-refractivity contribution in [1.82, 2.24) is 0 Å². The van der Waals surface area contributed by atoms with E-state index in [9.17, 15) is 24.9 Å². The molecule has 0 unspecified atom stereocenters. The molecule has 1 saturated heterocycles. The average molecular weight is 744 g/mol. The Balaban J connectivity index is 1.42. The smallest absolute Gasteiger partial charge is 0.261 e. The first-order valence-electron chi connectivity index (χ1n) is 19.2. The summed E-state index contributed by atoms with van der Waals surface area (Å²) in [7, 11) is -3.02. The van der Waals surface area contributed by atoms with Gasteiger partial charge in [0.2, 0.25) is 11.8 Å². The number of amides is 2. The molecule has 1 fully saturated rings. The van der Waals surface area contributed by atoms with Crippen LogP contribution in [0.25, 0.3) is 6.08 Å². The maximum absolute atomic E-state index is 14.2. The number of benzene rings is 4. The number of hydrogen-bond donors (Lipinski definition) is 3. The van der Waals surface area contributed by atoms with Crippen molar-refractivity contribution < 1.29 is 29.3 Å². The summed E-state index contributed by atoms with van der Waals surface area (Å²) in [5.74, 6) is -2.66. The van der Waals surface area contributed by atoms with Gasteiger partial charge in [0, 0.05) is 5.92 Å². The van der Waals surface area contributed by atoms with Gasteiger partial charge in [-0.3, -0.25) is 14.5 Å². The molecule has 0 saturated carbocycles. The number of phenols is 1. The standard InChI is InChI=1S/C46H53NO6Si/c1-5-15-32(28-33-22-25-36(49)26-23-33)24-27-41(50)42-34(29-39-43(40(42)30-48)45(52)47(44(39)51)35-16-9-6-10-17-35)31-53-54(46(2,3)4,37-18-11-7-12-19-37)38-20-13-8-14-21-38/h6-14,16-23,25-26,28,39-41,43,48-50H,5,15,24,27,29-31H2,1-4H3/b32-28+/t39-,40+,41-,43-/m1/s1. The zero-order valence-corrected chi connectivity index (χ0v) is 32.8. The highest BCUT2D eigenvalue weighted by Crippen LogP contribution is 2.48. The van der Waals surface area contributed by atoms with E-state index in [1.54, 1.807) is 36.4 Å². The molecule has 4 aromatic carbocycles. The number of aliphatic hydroxyl groups is 2. The fourth-order valence-electron chi connectivity index (χ4n) is 8.75. The number of rotatable bonds is 14. The van der Waals surface area contributed by atoms with E-state index in [1.165, 1.54) is 4.90 Å². The number of fused-ring (bicyclic) bond motifs is 1. The number of anilines is 1. The van der Waals surface area contributed by atoms with Gasteiger partial charge in [0.05, 0.1) is 36.8 Å². The fourth-order valence-corrected chi connectivity index (χ4v) is 13.3. The van der Waals surface area contributed by atoms with Gasteiger partial charge in [-0.25, -0.2) is 0 Å². The van der Waals surface area contributed by atoms with Gasteiger partial charge in [-0.2, -0.15) is 0 Å². The van der Waals surface area contributed by atoms with Gasteiger partial charge in [0.15, 0.2) is 0 Å². The first-order valence-corrected chi connectivity index (χ1v) is 21.1. The zero-order chi connectivity index (χ0) is 38.5. The van der Waals surface area contributed by atoms with Crippen LogP contribution in [-0.2, 0) is 14.0 Å². The van der Waals surface area contributed by atoms with Gasteiger partial charge in [-0.15, -0.1) is 0 Å². The van der Waals surface area contributed by atoms with Crippen LogP contribution in [0.5, 0.6) is 5.75 Å². The highest BCUT2D eigenvalue weighted by molar-refractivity contribution is 6.99. The number of aromatic hydroxyl groups is 1. The van der Waals surface area contributed by atoms with Crippen LogP contribution >= 0.6 is 0 Å². The van der Waals surface area contributed by atoms with Gasteiger partial charge < -0.3 is 19.7 Å². The van der Waals surface area contributed by atoms with Gasteiger partial charge in [0.1, 0.15) is 5.75 Å². The van der Waals surface area contributed by atoms with Gasteiger partial charge in [-0.1, -0.05) is 137 Å². The number of carbonyl (C=O) groups is 2. The van der Waals surface area contributed by atoms with Gasteiger partial charge in [-0.05, 0) is 82.1 Å². The van der Waals surface area contributed by atoms with E-state index in [-0.39, 0.29) is 42.2 Å². The molecule has 4 atom stereocenters. The lowest BCUT2D eigenvalue weighted by Gasteiger charge is -2.44. The summed E-state index contributed by atoms with van der Waals surface area (Å²) in [6.45, 7) is 8.52. The summed E-state index contributed by atoms with van der Waals surface area (Å²) in [5.41, 5.74) is 4.03. The molecule has 0 radical (unpaired) electrons. The minimum Gasteiger partial charge on any atom is -0.508 e. The fraction of sp³-hybridized carbons (Fsp3) is 0.348. The summed E-state index contributed by atoms with van der Waals surface area (Å²) in [5, 5.41) is 35.1. The highest BCUT2D eigenvalue weighted by Gasteiger charge is 2.56. The van der Waals surface area contributed by atoms with Crippen LogP contribution in [0.15, 0.2) is 132 Å². The Morgan fingerprint density at radius 3 is 1.96 bits per heavy atom. The van der Waals surface area contributed by atoms with Crippen LogP contribution < -0.4 is 15.3 Å².